The van der Waals surface area contributed by atoms with Crippen LogP contribution in [0.2, 0.25) is 0 Å². The Labute approximate surface area is 194 Å². The van der Waals surface area contributed by atoms with E-state index in [0.717, 1.165) is 56.7 Å². The van der Waals surface area contributed by atoms with Crippen molar-refractivity contribution < 1.29 is 9.59 Å². The van der Waals surface area contributed by atoms with Crippen molar-refractivity contribution in [1.82, 2.24) is 24.6 Å². The Bertz CT molecular complexity index is 1060. The maximum Gasteiger partial charge on any atom is 0.270 e. The lowest BCUT2D eigenvalue weighted by molar-refractivity contribution is -0.134. The molecule has 0 saturated carbocycles. The molecule has 2 saturated heterocycles. The minimum atomic E-state index is 0.0340. The quantitative estimate of drug-likeness (QED) is 0.655. The third-order valence-corrected chi connectivity index (χ3v) is 6.75. The Morgan fingerprint density at radius 3 is 2.09 bits per heavy atom. The first-order valence-electron chi connectivity index (χ1n) is 11.8. The van der Waals surface area contributed by atoms with Crippen molar-refractivity contribution in [3.8, 4) is 0 Å². The van der Waals surface area contributed by atoms with E-state index in [4.69, 9.17) is 0 Å². The summed E-state index contributed by atoms with van der Waals surface area (Å²) in [6.07, 6.45) is 0. The van der Waals surface area contributed by atoms with Crippen molar-refractivity contribution in [1.29, 1.82) is 0 Å². The van der Waals surface area contributed by atoms with Gasteiger partial charge in [0, 0.05) is 69.8 Å². The summed E-state index contributed by atoms with van der Waals surface area (Å²) >= 11 is 0. The Morgan fingerprint density at radius 1 is 0.727 bits per heavy atom. The average molecular weight is 446 g/mol. The van der Waals surface area contributed by atoms with Gasteiger partial charge in [-0.05, 0) is 17.7 Å². The fourth-order valence-corrected chi connectivity index (χ4v) is 4.76. The van der Waals surface area contributed by atoms with E-state index in [9.17, 15) is 9.59 Å². The second-order valence-electron chi connectivity index (χ2n) is 8.98. The average Bonchev–Trinajstić information content (AvgIpc) is 3.29. The number of carbonyl (C=O) groups excluding carboxylic acids is 2. The highest BCUT2D eigenvalue weighted by atomic mass is 16.2. The molecular formula is C26H31N5O2. The first-order valence-corrected chi connectivity index (χ1v) is 11.8. The molecule has 1 N–H and O–H groups in total. The van der Waals surface area contributed by atoms with E-state index >= 15 is 0 Å². The van der Waals surface area contributed by atoms with E-state index in [1.165, 1.54) is 5.56 Å². The van der Waals surface area contributed by atoms with Crippen LogP contribution in [0.1, 0.15) is 16.1 Å². The zero-order valence-electron chi connectivity index (χ0n) is 18.9. The van der Waals surface area contributed by atoms with E-state index in [-0.39, 0.29) is 11.8 Å². The van der Waals surface area contributed by atoms with Gasteiger partial charge >= 0.3 is 0 Å². The number of aromatic nitrogens is 1. The summed E-state index contributed by atoms with van der Waals surface area (Å²) in [5.41, 5.74) is 2.93. The third kappa shape index (κ3) is 5.10. The molecule has 0 atom stereocenters. The molecule has 7 nitrogen and oxygen atoms in total. The van der Waals surface area contributed by atoms with Crippen LogP contribution >= 0.6 is 0 Å². The van der Waals surface area contributed by atoms with Crippen molar-refractivity contribution in [2.45, 2.75) is 6.54 Å². The molecule has 2 aromatic carbocycles. The fraction of sp³-hybridized carbons (Fsp3) is 0.385. The zero-order valence-corrected chi connectivity index (χ0v) is 18.9. The number of piperazine rings is 2. The van der Waals surface area contributed by atoms with E-state index in [2.05, 4.69) is 39.0 Å². The number of hydrogen-bond donors (Lipinski definition) is 1. The van der Waals surface area contributed by atoms with Crippen LogP contribution in [0.3, 0.4) is 0 Å². The number of nitrogens with zero attached hydrogens (tertiary/aromatic N) is 4. The van der Waals surface area contributed by atoms with Crippen molar-refractivity contribution in [2.24, 2.45) is 0 Å². The molecule has 33 heavy (non-hydrogen) atoms. The minimum Gasteiger partial charge on any atom is -0.351 e. The highest BCUT2D eigenvalue weighted by Crippen LogP contribution is 2.17. The molecule has 3 aromatic rings. The molecule has 1 aromatic heterocycles. The van der Waals surface area contributed by atoms with Crippen LogP contribution in [-0.4, -0.2) is 95.3 Å². The topological polar surface area (TPSA) is 62.9 Å². The zero-order chi connectivity index (χ0) is 22.6. The van der Waals surface area contributed by atoms with Crippen molar-refractivity contribution in [3.05, 3.63) is 71.9 Å². The molecule has 0 unspecified atom stereocenters. The molecule has 5 rings (SSSR count). The van der Waals surface area contributed by atoms with Gasteiger partial charge in [0.25, 0.3) is 5.91 Å². The van der Waals surface area contributed by atoms with E-state index in [0.29, 0.717) is 25.3 Å². The monoisotopic (exact) mass is 445 g/mol. The molecule has 2 amide bonds. The van der Waals surface area contributed by atoms with Gasteiger partial charge in [0.05, 0.1) is 6.54 Å². The van der Waals surface area contributed by atoms with Crippen LogP contribution in [-0.2, 0) is 11.3 Å². The number of carbonyl (C=O) groups is 2. The summed E-state index contributed by atoms with van der Waals surface area (Å²) < 4.78 is 0. The predicted molar refractivity (Wildman–Crippen MR) is 129 cm³/mol. The number of fused-ring (bicyclic) bond motifs is 1. The van der Waals surface area contributed by atoms with Gasteiger partial charge in [0.2, 0.25) is 5.91 Å². The van der Waals surface area contributed by atoms with Crippen LogP contribution in [0.5, 0.6) is 0 Å². The third-order valence-electron chi connectivity index (χ3n) is 6.75. The molecule has 172 valence electrons. The molecule has 2 fully saturated rings. The lowest BCUT2D eigenvalue weighted by Gasteiger charge is -2.38. The number of hydrogen-bond acceptors (Lipinski definition) is 4. The van der Waals surface area contributed by atoms with Gasteiger partial charge in [-0.15, -0.1) is 0 Å². The molecule has 0 spiro atoms. The Kier molecular flexibility index (Phi) is 6.41. The van der Waals surface area contributed by atoms with E-state index < -0.39 is 0 Å². The predicted octanol–water partition coefficient (Wildman–Crippen LogP) is 2.27. The van der Waals surface area contributed by atoms with Gasteiger partial charge in [-0.25, -0.2) is 0 Å². The molecule has 2 aliphatic heterocycles. The Morgan fingerprint density at radius 2 is 1.36 bits per heavy atom. The number of para-hydroxylation sites is 1. The molecular weight excluding hydrogens is 414 g/mol. The number of aromatic amines is 1. The summed E-state index contributed by atoms with van der Waals surface area (Å²) in [5.74, 6) is 0.233. The van der Waals surface area contributed by atoms with Gasteiger partial charge in [0.15, 0.2) is 0 Å². The minimum absolute atomic E-state index is 0.0340. The molecule has 7 heteroatoms. The smallest absolute Gasteiger partial charge is 0.270 e. The summed E-state index contributed by atoms with van der Waals surface area (Å²) in [6, 6.07) is 20.3. The molecule has 0 aliphatic carbocycles. The largest absolute Gasteiger partial charge is 0.351 e. The fourth-order valence-electron chi connectivity index (χ4n) is 4.76. The first-order chi connectivity index (χ1) is 16.2. The maximum atomic E-state index is 12.9. The van der Waals surface area contributed by atoms with Crippen LogP contribution in [0, 0.1) is 0 Å². The van der Waals surface area contributed by atoms with Crippen LogP contribution in [0.25, 0.3) is 10.9 Å². The maximum absolute atomic E-state index is 12.9. The van der Waals surface area contributed by atoms with Gasteiger partial charge in [-0.2, -0.15) is 0 Å². The van der Waals surface area contributed by atoms with Crippen molar-refractivity contribution >= 4 is 22.7 Å². The Balaban J connectivity index is 1.07. The van der Waals surface area contributed by atoms with E-state index in [1.807, 2.05) is 46.2 Å². The summed E-state index contributed by atoms with van der Waals surface area (Å²) in [6.45, 7) is 7.51. The van der Waals surface area contributed by atoms with Crippen molar-refractivity contribution in [2.75, 3.05) is 58.9 Å². The second kappa shape index (κ2) is 9.77. The summed E-state index contributed by atoms with van der Waals surface area (Å²) in [5, 5.41) is 1.05. The molecule has 0 radical (unpaired) electrons. The van der Waals surface area contributed by atoms with Gasteiger partial charge < -0.3 is 14.8 Å². The molecule has 0 bridgehead atoms. The second-order valence-corrected chi connectivity index (χ2v) is 8.98. The number of H-pyrrole nitrogens is 1. The highest BCUT2D eigenvalue weighted by molar-refractivity contribution is 5.98. The Hall–Kier alpha value is -3.16. The van der Waals surface area contributed by atoms with Crippen LogP contribution < -0.4 is 0 Å². The van der Waals surface area contributed by atoms with Crippen LogP contribution in [0.4, 0.5) is 0 Å². The number of rotatable bonds is 5. The number of amides is 2. The molecule has 2 aliphatic rings. The summed E-state index contributed by atoms with van der Waals surface area (Å²) in [7, 11) is 0. The highest BCUT2D eigenvalue weighted by Gasteiger charge is 2.27. The standard InChI is InChI=1S/C26H31N5O2/c32-25(30-14-10-28(11-15-30)19-21-6-2-1-3-7-21)20-29-12-16-31(17-13-29)26(33)24-18-22-8-4-5-9-23(22)27-24/h1-9,18,27H,10-17,19-20H2. The van der Waals surface area contributed by atoms with Gasteiger partial charge in [-0.3, -0.25) is 19.4 Å². The van der Waals surface area contributed by atoms with Gasteiger partial charge in [0.1, 0.15) is 5.69 Å². The normalized spacial score (nSPS) is 18.1. The van der Waals surface area contributed by atoms with Crippen molar-refractivity contribution in [3.63, 3.8) is 0 Å². The van der Waals surface area contributed by atoms with Gasteiger partial charge in [-0.1, -0.05) is 48.5 Å². The van der Waals surface area contributed by atoms with Crippen LogP contribution in [0.15, 0.2) is 60.7 Å². The SMILES string of the molecule is O=C(CN1CCN(C(=O)c2cc3ccccc3[nH]2)CC1)N1CCN(Cc2ccccc2)CC1. The number of benzene rings is 2. The first kappa shape index (κ1) is 21.7. The molecule has 3 heterocycles. The summed E-state index contributed by atoms with van der Waals surface area (Å²) in [4.78, 5) is 37.4. The number of nitrogens with one attached hydrogen (secondary N) is 1. The lowest BCUT2D eigenvalue weighted by Crippen LogP contribution is -2.54. The van der Waals surface area contributed by atoms with E-state index in [1.54, 1.807) is 0 Å². The lowest BCUT2D eigenvalue weighted by atomic mass is 10.2.